The van der Waals surface area contributed by atoms with Gasteiger partial charge in [0.2, 0.25) is 0 Å². The van der Waals surface area contributed by atoms with Crippen molar-refractivity contribution >= 4 is 5.78 Å². The Morgan fingerprint density at radius 2 is 2.16 bits per heavy atom. The van der Waals surface area contributed by atoms with Crippen molar-refractivity contribution in [3.8, 4) is 0 Å². The van der Waals surface area contributed by atoms with Crippen molar-refractivity contribution in [3.63, 3.8) is 0 Å². The van der Waals surface area contributed by atoms with E-state index in [1.807, 2.05) is 24.4 Å². The zero-order valence-corrected chi connectivity index (χ0v) is 12.2. The van der Waals surface area contributed by atoms with Crippen molar-refractivity contribution in [2.45, 2.75) is 33.2 Å². The lowest BCUT2D eigenvalue weighted by atomic mass is 9.74. The second-order valence-electron chi connectivity index (χ2n) is 6.11. The molecule has 1 fully saturated rings. The molecule has 19 heavy (non-hydrogen) atoms. The molecular weight excluding hydrogens is 236 g/mol. The summed E-state index contributed by atoms with van der Waals surface area (Å²) in [6.45, 7) is 6.06. The molecule has 1 aromatic heterocycles. The highest BCUT2D eigenvalue weighted by molar-refractivity contribution is 5.82. The summed E-state index contributed by atoms with van der Waals surface area (Å²) in [5, 5.41) is 0. The number of pyridine rings is 1. The number of Topliss-reactive ketones (excluding diaryl/α,β-unsaturated/α-hetero) is 1. The Hall–Kier alpha value is -1.22. The van der Waals surface area contributed by atoms with E-state index in [2.05, 4.69) is 30.8 Å². The lowest BCUT2D eigenvalue weighted by Gasteiger charge is -2.33. The van der Waals surface area contributed by atoms with Crippen LogP contribution in [0.1, 0.15) is 32.4 Å². The van der Waals surface area contributed by atoms with E-state index in [0.717, 1.165) is 25.2 Å². The van der Waals surface area contributed by atoms with Crippen LogP contribution in [0.25, 0.3) is 0 Å². The number of aromatic nitrogens is 1. The Labute approximate surface area is 116 Å². The van der Waals surface area contributed by atoms with Crippen LogP contribution in [-0.4, -0.2) is 29.3 Å². The predicted octanol–water partition coefficient (Wildman–Crippen LogP) is 2.76. The second-order valence-corrected chi connectivity index (χ2v) is 6.11. The summed E-state index contributed by atoms with van der Waals surface area (Å²) >= 11 is 0. The molecule has 1 aromatic rings. The third kappa shape index (κ3) is 3.87. The molecule has 3 nitrogen and oxygen atoms in total. The largest absolute Gasteiger partial charge is 0.300 e. The third-order valence-corrected chi connectivity index (χ3v) is 4.09. The lowest BCUT2D eigenvalue weighted by molar-refractivity contribution is -0.128. The van der Waals surface area contributed by atoms with Crippen molar-refractivity contribution in [2.75, 3.05) is 13.6 Å². The number of carbonyl (C=O) groups is 1. The standard InChI is InChI=1S/C16H24N2O/c1-12-8-13(2)15(16(19)9-12)11-18(3)10-14-6-4-5-7-17-14/h4-7,12-13,15H,8-11H2,1-3H3. The van der Waals surface area contributed by atoms with Gasteiger partial charge in [0.1, 0.15) is 5.78 Å². The molecule has 3 atom stereocenters. The van der Waals surface area contributed by atoms with Crippen LogP contribution in [0.4, 0.5) is 0 Å². The van der Waals surface area contributed by atoms with E-state index in [0.29, 0.717) is 17.6 Å². The minimum atomic E-state index is 0.199. The predicted molar refractivity (Wildman–Crippen MR) is 76.6 cm³/mol. The van der Waals surface area contributed by atoms with Gasteiger partial charge in [-0.15, -0.1) is 0 Å². The zero-order chi connectivity index (χ0) is 13.8. The molecule has 0 saturated heterocycles. The molecule has 0 aromatic carbocycles. The summed E-state index contributed by atoms with van der Waals surface area (Å²) in [6.07, 6.45) is 3.75. The zero-order valence-electron chi connectivity index (χ0n) is 12.2. The maximum atomic E-state index is 12.2. The lowest BCUT2D eigenvalue weighted by Crippen LogP contribution is -2.38. The maximum Gasteiger partial charge on any atom is 0.137 e. The number of ketones is 1. The molecule has 1 aliphatic rings. The summed E-state index contributed by atoms with van der Waals surface area (Å²) in [5.41, 5.74) is 1.06. The Morgan fingerprint density at radius 3 is 2.79 bits per heavy atom. The fraction of sp³-hybridized carbons (Fsp3) is 0.625. The van der Waals surface area contributed by atoms with Crippen LogP contribution in [0.3, 0.4) is 0 Å². The Balaban J connectivity index is 1.91. The van der Waals surface area contributed by atoms with E-state index in [-0.39, 0.29) is 5.92 Å². The van der Waals surface area contributed by atoms with Crippen LogP contribution in [0, 0.1) is 17.8 Å². The minimum absolute atomic E-state index is 0.199. The second kappa shape index (κ2) is 6.29. The average Bonchev–Trinajstić information content (AvgIpc) is 2.35. The first-order chi connectivity index (χ1) is 9.06. The van der Waals surface area contributed by atoms with Crippen LogP contribution in [0.15, 0.2) is 24.4 Å². The molecule has 0 spiro atoms. The molecule has 1 saturated carbocycles. The summed E-state index contributed by atoms with van der Waals surface area (Å²) in [7, 11) is 2.08. The monoisotopic (exact) mass is 260 g/mol. The molecule has 1 heterocycles. The SMILES string of the molecule is CC1CC(=O)C(CN(C)Cc2ccccn2)C(C)C1. The third-order valence-electron chi connectivity index (χ3n) is 4.09. The minimum Gasteiger partial charge on any atom is -0.300 e. The summed E-state index contributed by atoms with van der Waals surface area (Å²) < 4.78 is 0. The van der Waals surface area contributed by atoms with E-state index in [1.165, 1.54) is 6.42 Å². The fourth-order valence-corrected chi connectivity index (χ4v) is 3.14. The van der Waals surface area contributed by atoms with E-state index >= 15 is 0 Å². The van der Waals surface area contributed by atoms with Gasteiger partial charge in [-0.05, 0) is 37.4 Å². The van der Waals surface area contributed by atoms with Crippen LogP contribution >= 0.6 is 0 Å². The molecule has 1 aliphatic carbocycles. The first kappa shape index (κ1) is 14.2. The van der Waals surface area contributed by atoms with Gasteiger partial charge in [0, 0.05) is 31.6 Å². The van der Waals surface area contributed by atoms with Gasteiger partial charge in [0.15, 0.2) is 0 Å². The number of nitrogens with zero attached hydrogens (tertiary/aromatic N) is 2. The highest BCUT2D eigenvalue weighted by Gasteiger charge is 2.32. The fourth-order valence-electron chi connectivity index (χ4n) is 3.14. The van der Waals surface area contributed by atoms with Gasteiger partial charge in [-0.25, -0.2) is 0 Å². The van der Waals surface area contributed by atoms with Gasteiger partial charge in [0.05, 0.1) is 5.69 Å². The van der Waals surface area contributed by atoms with Gasteiger partial charge < -0.3 is 0 Å². The van der Waals surface area contributed by atoms with E-state index in [9.17, 15) is 4.79 Å². The van der Waals surface area contributed by atoms with Crippen molar-refractivity contribution in [2.24, 2.45) is 17.8 Å². The van der Waals surface area contributed by atoms with E-state index in [1.54, 1.807) is 0 Å². The average molecular weight is 260 g/mol. The number of hydrogen-bond donors (Lipinski definition) is 0. The highest BCUT2D eigenvalue weighted by atomic mass is 16.1. The van der Waals surface area contributed by atoms with Crippen molar-refractivity contribution in [1.82, 2.24) is 9.88 Å². The number of rotatable bonds is 4. The number of carbonyl (C=O) groups excluding carboxylic acids is 1. The van der Waals surface area contributed by atoms with Gasteiger partial charge in [0.25, 0.3) is 0 Å². The molecule has 0 bridgehead atoms. The first-order valence-corrected chi connectivity index (χ1v) is 7.17. The van der Waals surface area contributed by atoms with Gasteiger partial charge in [-0.3, -0.25) is 14.7 Å². The van der Waals surface area contributed by atoms with Crippen molar-refractivity contribution < 1.29 is 4.79 Å². The van der Waals surface area contributed by atoms with Crippen LogP contribution in [0.5, 0.6) is 0 Å². The molecule has 2 rings (SSSR count). The van der Waals surface area contributed by atoms with E-state index in [4.69, 9.17) is 0 Å². The van der Waals surface area contributed by atoms with Crippen molar-refractivity contribution in [1.29, 1.82) is 0 Å². The maximum absolute atomic E-state index is 12.2. The Morgan fingerprint density at radius 1 is 1.37 bits per heavy atom. The van der Waals surface area contributed by atoms with E-state index < -0.39 is 0 Å². The van der Waals surface area contributed by atoms with Crippen LogP contribution in [-0.2, 0) is 11.3 Å². The topological polar surface area (TPSA) is 33.2 Å². The molecule has 0 N–H and O–H groups in total. The van der Waals surface area contributed by atoms with Crippen molar-refractivity contribution in [3.05, 3.63) is 30.1 Å². The smallest absolute Gasteiger partial charge is 0.137 e. The molecule has 104 valence electrons. The Bertz CT molecular complexity index is 418. The molecular formula is C16H24N2O. The molecule has 3 unspecified atom stereocenters. The first-order valence-electron chi connectivity index (χ1n) is 7.17. The number of hydrogen-bond acceptors (Lipinski definition) is 3. The molecule has 3 heteroatoms. The quantitative estimate of drug-likeness (QED) is 0.834. The molecule has 0 radical (unpaired) electrons. The van der Waals surface area contributed by atoms with Gasteiger partial charge >= 0.3 is 0 Å². The van der Waals surface area contributed by atoms with Gasteiger partial charge in [-0.1, -0.05) is 19.9 Å². The Kier molecular flexibility index (Phi) is 4.70. The highest BCUT2D eigenvalue weighted by Crippen LogP contribution is 2.31. The summed E-state index contributed by atoms with van der Waals surface area (Å²) in [6, 6.07) is 5.97. The summed E-state index contributed by atoms with van der Waals surface area (Å²) in [5.74, 6) is 1.70. The van der Waals surface area contributed by atoms with Gasteiger partial charge in [-0.2, -0.15) is 0 Å². The molecule has 0 aliphatic heterocycles. The van der Waals surface area contributed by atoms with Crippen LogP contribution in [0.2, 0.25) is 0 Å². The normalized spacial score (nSPS) is 27.8. The summed E-state index contributed by atoms with van der Waals surface area (Å²) in [4.78, 5) is 18.7. The molecule has 0 amide bonds. The van der Waals surface area contributed by atoms with Crippen LogP contribution < -0.4 is 0 Å².